The topological polar surface area (TPSA) is 28.2 Å². The molecule has 3 rings (SSSR count). The molecule has 1 aliphatic carbocycles. The van der Waals surface area contributed by atoms with E-state index in [0.717, 1.165) is 25.0 Å². The van der Waals surface area contributed by atoms with Gasteiger partial charge >= 0.3 is 0 Å². The number of anilines is 1. The van der Waals surface area contributed by atoms with Crippen LogP contribution in [0.3, 0.4) is 0 Å². The normalized spacial score (nSPS) is 25.4. The van der Waals surface area contributed by atoms with Crippen LogP contribution >= 0.6 is 0 Å². The summed E-state index contributed by atoms with van der Waals surface area (Å²) in [5.74, 6) is 2.82. The molecule has 2 aliphatic rings. The first-order valence-corrected chi connectivity index (χ1v) is 8.66. The van der Waals surface area contributed by atoms with Gasteiger partial charge in [0.15, 0.2) is 0 Å². The van der Waals surface area contributed by atoms with Gasteiger partial charge < -0.3 is 10.2 Å². The molecule has 1 aromatic heterocycles. The average molecular weight is 287 g/mol. The molecule has 2 atom stereocenters. The van der Waals surface area contributed by atoms with Gasteiger partial charge in [-0.05, 0) is 55.3 Å². The van der Waals surface area contributed by atoms with Crippen LogP contribution in [0, 0.1) is 11.8 Å². The van der Waals surface area contributed by atoms with Crippen molar-refractivity contribution >= 4 is 5.82 Å². The summed E-state index contributed by atoms with van der Waals surface area (Å²) in [6.07, 6.45) is 8.97. The summed E-state index contributed by atoms with van der Waals surface area (Å²) in [7, 11) is 0. The van der Waals surface area contributed by atoms with Gasteiger partial charge in [-0.25, -0.2) is 4.98 Å². The predicted octanol–water partition coefficient (Wildman–Crippen LogP) is 3.60. The molecule has 21 heavy (non-hydrogen) atoms. The van der Waals surface area contributed by atoms with Gasteiger partial charge in [-0.3, -0.25) is 0 Å². The number of rotatable bonds is 5. The smallest absolute Gasteiger partial charge is 0.129 e. The fraction of sp³-hybridized carbons (Fsp3) is 0.722. The number of pyridine rings is 1. The summed E-state index contributed by atoms with van der Waals surface area (Å²) in [5, 5.41) is 3.53. The zero-order chi connectivity index (χ0) is 14.7. The van der Waals surface area contributed by atoms with Crippen LogP contribution < -0.4 is 10.2 Å². The van der Waals surface area contributed by atoms with Crippen LogP contribution in [0.5, 0.6) is 0 Å². The van der Waals surface area contributed by atoms with E-state index in [1.807, 2.05) is 6.20 Å². The highest BCUT2D eigenvalue weighted by Gasteiger charge is 2.36. The van der Waals surface area contributed by atoms with E-state index in [2.05, 4.69) is 41.2 Å². The molecule has 0 aromatic carbocycles. The third-order valence-corrected chi connectivity index (χ3v) is 5.00. The van der Waals surface area contributed by atoms with Gasteiger partial charge in [0.1, 0.15) is 5.82 Å². The fourth-order valence-electron chi connectivity index (χ4n) is 3.92. The van der Waals surface area contributed by atoms with Gasteiger partial charge in [0.05, 0.1) is 0 Å². The van der Waals surface area contributed by atoms with Crippen LogP contribution in [-0.4, -0.2) is 24.1 Å². The molecular weight excluding hydrogens is 258 g/mol. The van der Waals surface area contributed by atoms with Gasteiger partial charge in [0.2, 0.25) is 0 Å². The molecular formula is C18H29N3. The van der Waals surface area contributed by atoms with E-state index >= 15 is 0 Å². The molecule has 116 valence electrons. The maximum absolute atomic E-state index is 4.65. The van der Waals surface area contributed by atoms with E-state index in [1.54, 1.807) is 0 Å². The SMILES string of the molecule is CC(C)CNCc1ccnc(N2CCC3CCCCC32)c1. The summed E-state index contributed by atoms with van der Waals surface area (Å²) in [6, 6.07) is 5.19. The van der Waals surface area contributed by atoms with Gasteiger partial charge in [-0.1, -0.05) is 26.7 Å². The lowest BCUT2D eigenvalue weighted by Gasteiger charge is -2.32. The molecule has 3 heteroatoms. The van der Waals surface area contributed by atoms with Crippen LogP contribution in [-0.2, 0) is 6.54 Å². The minimum atomic E-state index is 0.702. The zero-order valence-corrected chi connectivity index (χ0v) is 13.5. The first-order valence-electron chi connectivity index (χ1n) is 8.66. The number of fused-ring (bicyclic) bond motifs is 1. The second-order valence-corrected chi connectivity index (χ2v) is 7.14. The highest BCUT2D eigenvalue weighted by Crippen LogP contribution is 2.38. The first-order chi connectivity index (χ1) is 10.2. The maximum Gasteiger partial charge on any atom is 0.129 e. The van der Waals surface area contributed by atoms with Crippen molar-refractivity contribution in [3.8, 4) is 0 Å². The number of hydrogen-bond donors (Lipinski definition) is 1. The monoisotopic (exact) mass is 287 g/mol. The van der Waals surface area contributed by atoms with Gasteiger partial charge in [0, 0.05) is 25.3 Å². The summed E-state index contributed by atoms with van der Waals surface area (Å²) in [4.78, 5) is 7.23. The van der Waals surface area contributed by atoms with Crippen LogP contribution in [0.15, 0.2) is 18.3 Å². The average Bonchev–Trinajstić information content (AvgIpc) is 2.91. The second kappa shape index (κ2) is 6.78. The van der Waals surface area contributed by atoms with Crippen molar-refractivity contribution in [3.63, 3.8) is 0 Å². The molecule has 0 bridgehead atoms. The summed E-state index contributed by atoms with van der Waals surface area (Å²) in [6.45, 7) is 7.73. The predicted molar refractivity (Wildman–Crippen MR) is 88.5 cm³/mol. The Bertz CT molecular complexity index is 458. The van der Waals surface area contributed by atoms with E-state index in [0.29, 0.717) is 5.92 Å². The van der Waals surface area contributed by atoms with Crippen molar-refractivity contribution in [2.75, 3.05) is 18.0 Å². The second-order valence-electron chi connectivity index (χ2n) is 7.14. The number of aromatic nitrogens is 1. The van der Waals surface area contributed by atoms with Crippen molar-refractivity contribution in [1.29, 1.82) is 0 Å². The number of nitrogens with zero attached hydrogens (tertiary/aromatic N) is 2. The Kier molecular flexibility index (Phi) is 4.79. The molecule has 3 nitrogen and oxygen atoms in total. The standard InChI is InChI=1S/C18H29N3/c1-14(2)12-19-13-15-7-9-20-18(11-15)21-10-8-16-5-3-4-6-17(16)21/h7,9,11,14,16-17,19H,3-6,8,10,12-13H2,1-2H3. The van der Waals surface area contributed by atoms with Gasteiger partial charge in [-0.15, -0.1) is 0 Å². The summed E-state index contributed by atoms with van der Waals surface area (Å²) >= 11 is 0. The minimum Gasteiger partial charge on any atom is -0.353 e. The van der Waals surface area contributed by atoms with E-state index in [-0.39, 0.29) is 0 Å². The molecule has 0 amide bonds. The quantitative estimate of drug-likeness (QED) is 0.897. The van der Waals surface area contributed by atoms with Crippen molar-refractivity contribution in [3.05, 3.63) is 23.9 Å². The van der Waals surface area contributed by atoms with Crippen LogP contribution in [0.2, 0.25) is 0 Å². The molecule has 0 spiro atoms. The molecule has 2 heterocycles. The molecule has 0 radical (unpaired) electrons. The Labute approximate surface area is 129 Å². The van der Waals surface area contributed by atoms with Gasteiger partial charge in [0.25, 0.3) is 0 Å². The lowest BCUT2D eigenvalue weighted by Crippen LogP contribution is -2.35. The summed E-state index contributed by atoms with van der Waals surface area (Å²) in [5.41, 5.74) is 1.36. The Morgan fingerprint density at radius 2 is 2.14 bits per heavy atom. The Morgan fingerprint density at radius 1 is 1.29 bits per heavy atom. The van der Waals surface area contributed by atoms with Crippen LogP contribution in [0.25, 0.3) is 0 Å². The van der Waals surface area contributed by atoms with Gasteiger partial charge in [-0.2, -0.15) is 0 Å². The molecule has 1 N–H and O–H groups in total. The molecule has 1 aliphatic heterocycles. The molecule has 1 saturated heterocycles. The molecule has 2 fully saturated rings. The highest BCUT2D eigenvalue weighted by molar-refractivity contribution is 5.44. The highest BCUT2D eigenvalue weighted by atomic mass is 15.2. The molecule has 2 unspecified atom stereocenters. The third-order valence-electron chi connectivity index (χ3n) is 5.00. The number of nitrogens with one attached hydrogen (secondary N) is 1. The van der Waals surface area contributed by atoms with Crippen LogP contribution in [0.4, 0.5) is 5.82 Å². The minimum absolute atomic E-state index is 0.702. The van der Waals surface area contributed by atoms with E-state index in [4.69, 9.17) is 0 Å². The van der Waals surface area contributed by atoms with Crippen LogP contribution in [0.1, 0.15) is 51.5 Å². The van der Waals surface area contributed by atoms with E-state index in [1.165, 1.54) is 50.0 Å². The van der Waals surface area contributed by atoms with E-state index < -0.39 is 0 Å². The maximum atomic E-state index is 4.65. The molecule has 1 saturated carbocycles. The van der Waals surface area contributed by atoms with Crippen molar-refractivity contribution in [1.82, 2.24) is 10.3 Å². The van der Waals surface area contributed by atoms with E-state index in [9.17, 15) is 0 Å². The zero-order valence-electron chi connectivity index (χ0n) is 13.5. The van der Waals surface area contributed by atoms with Crippen molar-refractivity contribution < 1.29 is 0 Å². The lowest BCUT2D eigenvalue weighted by atomic mass is 9.85. The Hall–Kier alpha value is -1.09. The lowest BCUT2D eigenvalue weighted by molar-refractivity contribution is 0.341. The largest absolute Gasteiger partial charge is 0.353 e. The number of hydrogen-bond acceptors (Lipinski definition) is 3. The molecule has 1 aromatic rings. The first kappa shape index (κ1) is 14.8. The summed E-state index contributed by atoms with van der Waals surface area (Å²) < 4.78 is 0. The third kappa shape index (κ3) is 3.57. The van der Waals surface area contributed by atoms with Crippen molar-refractivity contribution in [2.24, 2.45) is 11.8 Å². The fourth-order valence-corrected chi connectivity index (χ4v) is 3.92. The van der Waals surface area contributed by atoms with Crippen molar-refractivity contribution in [2.45, 2.75) is 58.5 Å². The Morgan fingerprint density at radius 3 is 3.00 bits per heavy atom. The Balaban J connectivity index is 1.65.